The molecule has 1 unspecified atom stereocenters. The third-order valence-electron chi connectivity index (χ3n) is 4.50. The number of aromatic nitrogens is 2. The number of benzene rings is 1. The molecule has 1 fully saturated rings. The zero-order chi connectivity index (χ0) is 16.5. The van der Waals surface area contributed by atoms with Crippen molar-refractivity contribution in [1.29, 1.82) is 0 Å². The van der Waals surface area contributed by atoms with Crippen molar-refractivity contribution in [1.82, 2.24) is 15.1 Å². The number of hydrogen-bond donors (Lipinski definition) is 1. The van der Waals surface area contributed by atoms with Gasteiger partial charge in [-0.3, -0.25) is 9.89 Å². The van der Waals surface area contributed by atoms with Gasteiger partial charge in [0.25, 0.3) is 5.91 Å². The summed E-state index contributed by atoms with van der Waals surface area (Å²) in [6.45, 7) is 2.65. The molecule has 1 aliphatic rings. The molecule has 1 aliphatic heterocycles. The van der Waals surface area contributed by atoms with E-state index in [1.54, 1.807) is 6.07 Å². The van der Waals surface area contributed by atoms with Gasteiger partial charge < -0.3 is 9.32 Å². The van der Waals surface area contributed by atoms with Crippen LogP contribution < -0.4 is 0 Å². The highest BCUT2D eigenvalue weighted by atomic mass is 16.3. The Labute approximate surface area is 140 Å². The molecule has 1 amide bonds. The van der Waals surface area contributed by atoms with E-state index in [0.717, 1.165) is 30.8 Å². The third-order valence-corrected chi connectivity index (χ3v) is 4.50. The van der Waals surface area contributed by atoms with Crippen molar-refractivity contribution in [2.45, 2.75) is 25.8 Å². The van der Waals surface area contributed by atoms with Crippen LogP contribution in [-0.4, -0.2) is 27.5 Å². The maximum atomic E-state index is 12.9. The molecule has 1 N–H and O–H groups in total. The van der Waals surface area contributed by atoms with Gasteiger partial charge in [0.1, 0.15) is 11.5 Å². The fraction of sp³-hybridized carbons (Fsp3) is 0.263. The minimum absolute atomic E-state index is 0.0351. The van der Waals surface area contributed by atoms with Gasteiger partial charge in [0.05, 0.1) is 6.04 Å². The SMILES string of the molecule is Cc1ccc(-c2cc(C(=O)N3CCCC3c3ccccc3)n[nH]2)o1. The first kappa shape index (κ1) is 14.8. The van der Waals surface area contributed by atoms with E-state index in [0.29, 0.717) is 11.5 Å². The molecule has 1 atom stereocenters. The van der Waals surface area contributed by atoms with E-state index < -0.39 is 0 Å². The Morgan fingerprint density at radius 2 is 2.08 bits per heavy atom. The molecule has 0 radical (unpaired) electrons. The Balaban J connectivity index is 1.58. The lowest BCUT2D eigenvalue weighted by atomic mass is 10.0. The third kappa shape index (κ3) is 2.62. The van der Waals surface area contributed by atoms with Gasteiger partial charge in [-0.2, -0.15) is 5.10 Å². The summed E-state index contributed by atoms with van der Waals surface area (Å²) in [6.07, 6.45) is 2.00. The highest BCUT2D eigenvalue weighted by Gasteiger charge is 2.31. The van der Waals surface area contributed by atoms with Crippen LogP contribution in [0.25, 0.3) is 11.5 Å². The van der Waals surface area contributed by atoms with Gasteiger partial charge in [-0.1, -0.05) is 30.3 Å². The molecular formula is C19H19N3O2. The summed E-state index contributed by atoms with van der Waals surface area (Å²) in [5, 5.41) is 7.10. The second-order valence-corrected chi connectivity index (χ2v) is 6.14. The number of nitrogens with zero attached hydrogens (tertiary/aromatic N) is 2. The number of hydrogen-bond acceptors (Lipinski definition) is 3. The van der Waals surface area contributed by atoms with Crippen molar-refractivity contribution in [3.63, 3.8) is 0 Å². The van der Waals surface area contributed by atoms with Gasteiger partial charge in [-0.25, -0.2) is 0 Å². The number of H-pyrrole nitrogens is 1. The van der Waals surface area contributed by atoms with Crippen molar-refractivity contribution >= 4 is 5.91 Å². The topological polar surface area (TPSA) is 62.1 Å². The summed E-state index contributed by atoms with van der Waals surface area (Å²) in [5.74, 6) is 1.49. The van der Waals surface area contributed by atoms with Crippen LogP contribution in [-0.2, 0) is 0 Å². The zero-order valence-corrected chi connectivity index (χ0v) is 13.5. The monoisotopic (exact) mass is 321 g/mol. The molecule has 122 valence electrons. The van der Waals surface area contributed by atoms with Crippen LogP contribution in [0.2, 0.25) is 0 Å². The van der Waals surface area contributed by atoms with Gasteiger partial charge in [0.2, 0.25) is 0 Å². The molecule has 2 aromatic heterocycles. The Kier molecular flexibility index (Phi) is 3.69. The number of furan rings is 1. The molecule has 3 aromatic rings. The van der Waals surface area contributed by atoms with Crippen LogP contribution in [0.1, 0.15) is 40.7 Å². The number of nitrogens with one attached hydrogen (secondary N) is 1. The summed E-state index contributed by atoms with van der Waals surface area (Å²) in [7, 11) is 0. The largest absolute Gasteiger partial charge is 0.460 e. The first-order chi connectivity index (χ1) is 11.7. The van der Waals surface area contributed by atoms with Crippen molar-refractivity contribution in [2.24, 2.45) is 0 Å². The molecule has 1 aromatic carbocycles. The summed E-state index contributed by atoms with van der Waals surface area (Å²) in [6, 6.07) is 15.9. The standard InChI is InChI=1S/C19H19N3O2/c1-13-9-10-18(24-13)15-12-16(21-20-15)19(23)22-11-5-8-17(22)14-6-3-2-4-7-14/h2-4,6-7,9-10,12,17H,5,8,11H2,1H3,(H,20,21). The molecule has 1 saturated heterocycles. The van der Waals surface area contributed by atoms with E-state index in [2.05, 4.69) is 22.3 Å². The molecule has 0 aliphatic carbocycles. The normalized spacial score (nSPS) is 17.4. The number of carbonyl (C=O) groups excluding carboxylic acids is 1. The Morgan fingerprint density at radius 3 is 2.83 bits per heavy atom. The van der Waals surface area contributed by atoms with Gasteiger partial charge in [0.15, 0.2) is 11.5 Å². The highest BCUT2D eigenvalue weighted by molar-refractivity contribution is 5.93. The van der Waals surface area contributed by atoms with Crippen molar-refractivity contribution in [3.05, 3.63) is 65.5 Å². The van der Waals surface area contributed by atoms with Crippen LogP contribution in [0.3, 0.4) is 0 Å². The summed E-state index contributed by atoms with van der Waals surface area (Å²) >= 11 is 0. The molecule has 24 heavy (non-hydrogen) atoms. The predicted molar refractivity (Wildman–Crippen MR) is 90.5 cm³/mol. The van der Waals surface area contributed by atoms with E-state index >= 15 is 0 Å². The lowest BCUT2D eigenvalue weighted by molar-refractivity contribution is 0.0729. The predicted octanol–water partition coefficient (Wildman–Crippen LogP) is 3.96. The van der Waals surface area contributed by atoms with Crippen molar-refractivity contribution in [2.75, 3.05) is 6.54 Å². The average molecular weight is 321 g/mol. The van der Waals surface area contributed by atoms with Gasteiger partial charge in [0, 0.05) is 12.6 Å². The number of aromatic amines is 1. The van der Waals surface area contributed by atoms with E-state index in [1.807, 2.05) is 42.2 Å². The first-order valence-corrected chi connectivity index (χ1v) is 8.20. The maximum Gasteiger partial charge on any atom is 0.274 e. The van der Waals surface area contributed by atoms with E-state index in [4.69, 9.17) is 4.42 Å². The molecule has 5 heteroatoms. The van der Waals surface area contributed by atoms with Crippen LogP contribution in [0.15, 0.2) is 52.9 Å². The minimum Gasteiger partial charge on any atom is -0.460 e. The second-order valence-electron chi connectivity index (χ2n) is 6.14. The lowest BCUT2D eigenvalue weighted by Gasteiger charge is -2.24. The quantitative estimate of drug-likeness (QED) is 0.794. The highest BCUT2D eigenvalue weighted by Crippen LogP contribution is 2.33. The average Bonchev–Trinajstić information content (AvgIpc) is 3.35. The Morgan fingerprint density at radius 1 is 1.25 bits per heavy atom. The zero-order valence-electron chi connectivity index (χ0n) is 13.5. The Hall–Kier alpha value is -2.82. The fourth-order valence-electron chi connectivity index (χ4n) is 3.32. The molecule has 5 nitrogen and oxygen atoms in total. The molecule has 0 saturated carbocycles. The van der Waals surface area contributed by atoms with Crippen LogP contribution in [0, 0.1) is 6.92 Å². The van der Waals surface area contributed by atoms with E-state index in [9.17, 15) is 4.79 Å². The van der Waals surface area contributed by atoms with Crippen molar-refractivity contribution in [3.8, 4) is 11.5 Å². The molecule has 0 spiro atoms. The summed E-state index contributed by atoms with van der Waals surface area (Å²) in [4.78, 5) is 14.8. The van der Waals surface area contributed by atoms with Gasteiger partial charge in [-0.15, -0.1) is 0 Å². The van der Waals surface area contributed by atoms with E-state index in [1.165, 1.54) is 5.56 Å². The molecule has 4 rings (SSSR count). The smallest absolute Gasteiger partial charge is 0.274 e. The molecule has 0 bridgehead atoms. The maximum absolute atomic E-state index is 12.9. The van der Waals surface area contributed by atoms with Gasteiger partial charge >= 0.3 is 0 Å². The minimum atomic E-state index is -0.0351. The van der Waals surface area contributed by atoms with Crippen molar-refractivity contribution < 1.29 is 9.21 Å². The number of carbonyl (C=O) groups is 1. The van der Waals surface area contributed by atoms with Crippen LogP contribution in [0.5, 0.6) is 0 Å². The number of aryl methyl sites for hydroxylation is 1. The number of rotatable bonds is 3. The molecular weight excluding hydrogens is 302 g/mol. The summed E-state index contributed by atoms with van der Waals surface area (Å²) < 4.78 is 5.58. The number of amides is 1. The fourth-order valence-corrected chi connectivity index (χ4v) is 3.32. The summed E-state index contributed by atoms with van der Waals surface area (Å²) in [5.41, 5.74) is 2.34. The lowest BCUT2D eigenvalue weighted by Crippen LogP contribution is -2.30. The van der Waals surface area contributed by atoms with Crippen LogP contribution >= 0.6 is 0 Å². The van der Waals surface area contributed by atoms with E-state index in [-0.39, 0.29) is 11.9 Å². The second kappa shape index (κ2) is 6.00. The van der Waals surface area contributed by atoms with Crippen LogP contribution in [0.4, 0.5) is 0 Å². The first-order valence-electron chi connectivity index (χ1n) is 8.20. The Bertz CT molecular complexity index is 850. The number of likely N-dealkylation sites (tertiary alicyclic amines) is 1. The van der Waals surface area contributed by atoms with Gasteiger partial charge in [-0.05, 0) is 37.5 Å². The molecule has 3 heterocycles.